The van der Waals surface area contributed by atoms with Crippen molar-refractivity contribution in [2.75, 3.05) is 13.2 Å². The first-order valence-corrected chi connectivity index (χ1v) is 6.78. The lowest BCUT2D eigenvalue weighted by atomic mass is 10.1. The van der Waals surface area contributed by atoms with Crippen LogP contribution in [0.4, 0.5) is 4.39 Å². The van der Waals surface area contributed by atoms with E-state index in [-0.39, 0.29) is 5.84 Å². The van der Waals surface area contributed by atoms with Crippen molar-refractivity contribution < 1.29 is 14.3 Å². The summed E-state index contributed by atoms with van der Waals surface area (Å²) in [6, 6.07) is 4.38. The summed E-state index contributed by atoms with van der Waals surface area (Å²) in [6.07, 6.45) is 3.57. The molecule has 1 aromatic carbocycles. The topological polar surface area (TPSA) is 79.9 Å². The second kappa shape index (κ2) is 7.21. The molecule has 110 valence electrons. The number of nitrogens with two attached hydrogens (primary N) is 1. The standard InChI is InChI=1S/C14H20FN3O2/c15-12-7-10(6-11(8-12)14(16)18-19)9-17-4-3-13-2-1-5-20-13/h6-8,13,17,19H,1-5,9H2,(H2,16,18). The van der Waals surface area contributed by atoms with E-state index in [2.05, 4.69) is 10.5 Å². The van der Waals surface area contributed by atoms with Gasteiger partial charge in [0.25, 0.3) is 0 Å². The Morgan fingerprint density at radius 1 is 1.50 bits per heavy atom. The number of amidine groups is 1. The summed E-state index contributed by atoms with van der Waals surface area (Å²) in [4.78, 5) is 0. The fourth-order valence-corrected chi connectivity index (χ4v) is 2.33. The van der Waals surface area contributed by atoms with Crippen LogP contribution < -0.4 is 11.1 Å². The fraction of sp³-hybridized carbons (Fsp3) is 0.500. The van der Waals surface area contributed by atoms with Crippen molar-refractivity contribution in [3.05, 3.63) is 35.1 Å². The molecule has 5 nitrogen and oxygen atoms in total. The summed E-state index contributed by atoms with van der Waals surface area (Å²) in [6.45, 7) is 2.22. The number of halogens is 1. The monoisotopic (exact) mass is 281 g/mol. The molecule has 6 heteroatoms. The smallest absolute Gasteiger partial charge is 0.170 e. The van der Waals surface area contributed by atoms with Crippen LogP contribution in [0.5, 0.6) is 0 Å². The van der Waals surface area contributed by atoms with Crippen molar-refractivity contribution in [3.63, 3.8) is 0 Å². The average Bonchev–Trinajstić information content (AvgIpc) is 2.95. The molecule has 1 aliphatic rings. The van der Waals surface area contributed by atoms with Crippen molar-refractivity contribution in [2.45, 2.75) is 31.9 Å². The van der Waals surface area contributed by atoms with E-state index in [1.165, 1.54) is 12.1 Å². The minimum Gasteiger partial charge on any atom is -0.409 e. The Balaban J connectivity index is 1.84. The maximum absolute atomic E-state index is 13.4. The van der Waals surface area contributed by atoms with E-state index >= 15 is 0 Å². The van der Waals surface area contributed by atoms with Gasteiger partial charge < -0.3 is 21.0 Å². The summed E-state index contributed by atoms with van der Waals surface area (Å²) in [5, 5.41) is 14.7. The van der Waals surface area contributed by atoms with Gasteiger partial charge in [0.1, 0.15) is 5.82 Å². The van der Waals surface area contributed by atoms with Gasteiger partial charge in [-0.3, -0.25) is 0 Å². The highest BCUT2D eigenvalue weighted by Gasteiger charge is 2.14. The van der Waals surface area contributed by atoms with Crippen molar-refractivity contribution in [3.8, 4) is 0 Å². The lowest BCUT2D eigenvalue weighted by Gasteiger charge is -2.10. The highest BCUT2D eigenvalue weighted by Crippen LogP contribution is 2.14. The molecule has 1 atom stereocenters. The van der Waals surface area contributed by atoms with Gasteiger partial charge in [-0.15, -0.1) is 0 Å². The third-order valence-corrected chi connectivity index (χ3v) is 3.36. The van der Waals surface area contributed by atoms with Crippen molar-refractivity contribution >= 4 is 5.84 Å². The number of ether oxygens (including phenoxy) is 1. The third kappa shape index (κ3) is 4.18. The zero-order valence-corrected chi connectivity index (χ0v) is 11.3. The van der Waals surface area contributed by atoms with Gasteiger partial charge in [0.2, 0.25) is 0 Å². The van der Waals surface area contributed by atoms with Crippen LogP contribution in [-0.2, 0) is 11.3 Å². The minimum absolute atomic E-state index is 0.0925. The molecule has 0 aliphatic carbocycles. The van der Waals surface area contributed by atoms with E-state index in [1.807, 2.05) is 0 Å². The Kier molecular flexibility index (Phi) is 5.31. The molecule has 2 rings (SSSR count). The molecular weight excluding hydrogens is 261 g/mol. The highest BCUT2D eigenvalue weighted by atomic mass is 19.1. The molecule has 0 aromatic heterocycles. The van der Waals surface area contributed by atoms with Gasteiger partial charge in [-0.1, -0.05) is 5.16 Å². The van der Waals surface area contributed by atoms with E-state index in [0.717, 1.165) is 38.0 Å². The van der Waals surface area contributed by atoms with Crippen LogP contribution in [0.2, 0.25) is 0 Å². The lowest BCUT2D eigenvalue weighted by molar-refractivity contribution is 0.104. The van der Waals surface area contributed by atoms with E-state index < -0.39 is 5.82 Å². The maximum atomic E-state index is 13.4. The molecule has 1 unspecified atom stereocenters. The van der Waals surface area contributed by atoms with Gasteiger partial charge in [-0.05, 0) is 49.6 Å². The molecule has 1 saturated heterocycles. The molecule has 0 radical (unpaired) electrons. The van der Waals surface area contributed by atoms with Crippen molar-refractivity contribution in [2.24, 2.45) is 10.9 Å². The third-order valence-electron chi connectivity index (χ3n) is 3.36. The molecule has 0 amide bonds. The van der Waals surface area contributed by atoms with Crippen LogP contribution in [-0.4, -0.2) is 30.3 Å². The van der Waals surface area contributed by atoms with Crippen LogP contribution in [0.3, 0.4) is 0 Å². The van der Waals surface area contributed by atoms with E-state index in [1.54, 1.807) is 6.07 Å². The maximum Gasteiger partial charge on any atom is 0.170 e. The first kappa shape index (κ1) is 14.7. The highest BCUT2D eigenvalue weighted by molar-refractivity contribution is 5.97. The van der Waals surface area contributed by atoms with Crippen molar-refractivity contribution in [1.29, 1.82) is 0 Å². The molecule has 1 aliphatic heterocycles. The molecule has 20 heavy (non-hydrogen) atoms. The molecule has 4 N–H and O–H groups in total. The Morgan fingerprint density at radius 2 is 2.35 bits per heavy atom. The zero-order chi connectivity index (χ0) is 14.4. The van der Waals surface area contributed by atoms with Gasteiger partial charge >= 0.3 is 0 Å². The van der Waals surface area contributed by atoms with Crippen LogP contribution >= 0.6 is 0 Å². The van der Waals surface area contributed by atoms with Gasteiger partial charge in [0.15, 0.2) is 5.84 Å². The lowest BCUT2D eigenvalue weighted by Crippen LogP contribution is -2.20. The normalized spacial score (nSPS) is 19.4. The molecule has 0 saturated carbocycles. The zero-order valence-electron chi connectivity index (χ0n) is 11.3. The van der Waals surface area contributed by atoms with Gasteiger partial charge in [0, 0.05) is 18.7 Å². The molecule has 1 fully saturated rings. The Labute approximate surface area is 117 Å². The number of rotatable bonds is 6. The summed E-state index contributed by atoms with van der Waals surface area (Å²) in [5.74, 6) is -0.491. The number of benzene rings is 1. The quantitative estimate of drug-likeness (QED) is 0.243. The van der Waals surface area contributed by atoms with Crippen LogP contribution in [0.15, 0.2) is 23.4 Å². The Bertz CT molecular complexity index is 473. The SMILES string of the molecule is N/C(=N/O)c1cc(F)cc(CNCCC2CCCO2)c1. The molecule has 0 spiro atoms. The molecular formula is C14H20FN3O2. The summed E-state index contributed by atoms with van der Waals surface area (Å²) in [7, 11) is 0. The summed E-state index contributed by atoms with van der Waals surface area (Å²) >= 11 is 0. The second-order valence-corrected chi connectivity index (χ2v) is 4.93. The number of hydrogen-bond donors (Lipinski definition) is 3. The second-order valence-electron chi connectivity index (χ2n) is 4.93. The van der Waals surface area contributed by atoms with Crippen LogP contribution in [0.25, 0.3) is 0 Å². The first-order valence-electron chi connectivity index (χ1n) is 6.78. The minimum atomic E-state index is -0.398. The predicted octanol–water partition coefficient (Wildman–Crippen LogP) is 1.58. The largest absolute Gasteiger partial charge is 0.409 e. The van der Waals surface area contributed by atoms with Crippen LogP contribution in [0, 0.1) is 5.82 Å². The van der Waals surface area contributed by atoms with Gasteiger partial charge in [-0.25, -0.2) is 4.39 Å². The molecule has 1 aromatic rings. The number of oxime groups is 1. The number of hydrogen-bond acceptors (Lipinski definition) is 4. The first-order chi connectivity index (χ1) is 9.69. The van der Waals surface area contributed by atoms with Crippen LogP contribution in [0.1, 0.15) is 30.4 Å². The molecule has 1 heterocycles. The predicted molar refractivity (Wildman–Crippen MR) is 74.2 cm³/mol. The summed E-state index contributed by atoms with van der Waals surface area (Å²) in [5.41, 5.74) is 6.61. The van der Waals surface area contributed by atoms with E-state index in [9.17, 15) is 4.39 Å². The van der Waals surface area contributed by atoms with Gasteiger partial charge in [-0.2, -0.15) is 0 Å². The Hall–Kier alpha value is -1.66. The fourth-order valence-electron chi connectivity index (χ4n) is 2.33. The van der Waals surface area contributed by atoms with E-state index in [4.69, 9.17) is 15.7 Å². The Morgan fingerprint density at radius 3 is 3.05 bits per heavy atom. The van der Waals surface area contributed by atoms with Gasteiger partial charge in [0.05, 0.1) is 6.10 Å². The van der Waals surface area contributed by atoms with E-state index in [0.29, 0.717) is 18.2 Å². The van der Waals surface area contributed by atoms with Crippen molar-refractivity contribution in [1.82, 2.24) is 5.32 Å². The summed E-state index contributed by atoms with van der Waals surface area (Å²) < 4.78 is 19.0. The molecule has 0 bridgehead atoms. The number of nitrogens with zero attached hydrogens (tertiary/aromatic N) is 1. The average molecular weight is 281 g/mol. The number of nitrogens with one attached hydrogen (secondary N) is 1.